The van der Waals surface area contributed by atoms with E-state index in [4.69, 9.17) is 10.8 Å². The lowest BCUT2D eigenvalue weighted by Crippen LogP contribution is -2.49. The number of anilines is 1. The summed E-state index contributed by atoms with van der Waals surface area (Å²) >= 11 is 0. The van der Waals surface area contributed by atoms with E-state index in [2.05, 4.69) is 10.6 Å². The van der Waals surface area contributed by atoms with Gasteiger partial charge in [-0.2, -0.15) is 0 Å². The minimum absolute atomic E-state index is 0.281. The van der Waals surface area contributed by atoms with Crippen LogP contribution in [0.1, 0.15) is 17.3 Å². The van der Waals surface area contributed by atoms with Crippen LogP contribution in [-0.2, 0) is 4.79 Å². The number of carboxylic acid groups (broad SMARTS) is 1. The minimum Gasteiger partial charge on any atom is -0.480 e. The van der Waals surface area contributed by atoms with Gasteiger partial charge in [0.1, 0.15) is 0 Å². The Hall–Kier alpha value is -2.61. The van der Waals surface area contributed by atoms with Crippen LogP contribution in [0.25, 0.3) is 0 Å². The number of amides is 3. The van der Waals surface area contributed by atoms with Gasteiger partial charge in [0.15, 0.2) is 6.04 Å². The highest BCUT2D eigenvalue weighted by Crippen LogP contribution is 2.09. The molecule has 0 aromatic heterocycles. The van der Waals surface area contributed by atoms with E-state index in [-0.39, 0.29) is 5.56 Å². The molecule has 0 aliphatic carbocycles. The van der Waals surface area contributed by atoms with Gasteiger partial charge in [-0.3, -0.25) is 4.79 Å². The molecular formula is C12H15N3O5. The molecule has 0 fully saturated rings. The zero-order valence-electron chi connectivity index (χ0n) is 10.7. The number of carbonyl (C=O) groups is 3. The Balaban J connectivity index is 2.66. The summed E-state index contributed by atoms with van der Waals surface area (Å²) in [4.78, 5) is 33.2. The van der Waals surface area contributed by atoms with Crippen molar-refractivity contribution in [3.63, 3.8) is 0 Å². The predicted molar refractivity (Wildman–Crippen MR) is 70.2 cm³/mol. The van der Waals surface area contributed by atoms with Crippen molar-refractivity contribution in [1.82, 2.24) is 5.32 Å². The molecule has 0 radical (unpaired) electrons. The number of nitrogens with two attached hydrogens (primary N) is 1. The van der Waals surface area contributed by atoms with Crippen LogP contribution >= 0.6 is 0 Å². The number of hydrogen-bond donors (Lipinski definition) is 5. The molecule has 0 aliphatic heterocycles. The fourth-order valence-electron chi connectivity index (χ4n) is 1.41. The average molecular weight is 281 g/mol. The number of benzene rings is 1. The number of hydrogen-bond acceptors (Lipinski definition) is 4. The van der Waals surface area contributed by atoms with E-state index in [9.17, 15) is 19.5 Å². The first kappa shape index (κ1) is 15.4. The highest BCUT2D eigenvalue weighted by Gasteiger charge is 2.24. The third-order valence-corrected chi connectivity index (χ3v) is 2.46. The number of aliphatic hydroxyl groups excluding tert-OH is 1. The van der Waals surface area contributed by atoms with Gasteiger partial charge in [0.2, 0.25) is 5.91 Å². The zero-order chi connectivity index (χ0) is 15.3. The number of carboxylic acids is 1. The zero-order valence-corrected chi connectivity index (χ0v) is 10.7. The summed E-state index contributed by atoms with van der Waals surface area (Å²) in [6.45, 7) is 1.25. The fourth-order valence-corrected chi connectivity index (χ4v) is 1.41. The van der Waals surface area contributed by atoms with Crippen molar-refractivity contribution in [3.8, 4) is 0 Å². The van der Waals surface area contributed by atoms with Gasteiger partial charge in [-0.05, 0) is 31.2 Å². The van der Waals surface area contributed by atoms with Crippen LogP contribution in [0, 0.1) is 0 Å². The van der Waals surface area contributed by atoms with Gasteiger partial charge >= 0.3 is 12.0 Å². The Labute approximate surface area is 114 Å². The quantitative estimate of drug-likeness (QED) is 0.505. The van der Waals surface area contributed by atoms with Crippen LogP contribution in [0.15, 0.2) is 24.3 Å². The Morgan fingerprint density at radius 1 is 1.20 bits per heavy atom. The van der Waals surface area contributed by atoms with E-state index in [0.29, 0.717) is 5.69 Å². The van der Waals surface area contributed by atoms with E-state index in [1.807, 2.05) is 0 Å². The molecule has 1 aromatic carbocycles. The van der Waals surface area contributed by atoms with Crippen LogP contribution in [0.2, 0.25) is 0 Å². The Morgan fingerprint density at radius 2 is 1.75 bits per heavy atom. The number of carbonyl (C=O) groups excluding carboxylic acids is 2. The summed E-state index contributed by atoms with van der Waals surface area (Å²) in [6, 6.07) is 3.52. The SMILES string of the molecule is CC(O)C(NC(=O)Nc1ccc(C(N)=O)cc1)C(=O)O. The second kappa shape index (κ2) is 6.53. The first-order valence-electron chi connectivity index (χ1n) is 5.69. The number of rotatable bonds is 5. The van der Waals surface area contributed by atoms with Gasteiger partial charge in [0.05, 0.1) is 6.10 Å². The Morgan fingerprint density at radius 3 is 2.15 bits per heavy atom. The van der Waals surface area contributed by atoms with Gasteiger partial charge in [0, 0.05) is 11.3 Å². The van der Waals surface area contributed by atoms with Crippen LogP contribution in [0.4, 0.5) is 10.5 Å². The highest BCUT2D eigenvalue weighted by molar-refractivity contribution is 5.95. The maximum absolute atomic E-state index is 11.6. The maximum atomic E-state index is 11.6. The van der Waals surface area contributed by atoms with Gasteiger partial charge in [-0.15, -0.1) is 0 Å². The van der Waals surface area contributed by atoms with Crippen molar-refractivity contribution in [3.05, 3.63) is 29.8 Å². The van der Waals surface area contributed by atoms with Crippen LogP contribution < -0.4 is 16.4 Å². The van der Waals surface area contributed by atoms with Gasteiger partial charge in [-0.1, -0.05) is 0 Å². The lowest BCUT2D eigenvalue weighted by Gasteiger charge is -2.17. The molecule has 1 aromatic rings. The van der Waals surface area contributed by atoms with Crippen molar-refractivity contribution >= 4 is 23.6 Å². The van der Waals surface area contributed by atoms with E-state index in [1.54, 1.807) is 0 Å². The molecule has 0 heterocycles. The number of aliphatic hydroxyl groups is 1. The minimum atomic E-state index is -1.42. The summed E-state index contributed by atoms with van der Waals surface area (Å²) in [5.74, 6) is -1.94. The average Bonchev–Trinajstić information content (AvgIpc) is 2.35. The lowest BCUT2D eigenvalue weighted by atomic mass is 10.2. The van der Waals surface area contributed by atoms with Crippen LogP contribution in [0.3, 0.4) is 0 Å². The van der Waals surface area contributed by atoms with Crippen LogP contribution in [0.5, 0.6) is 0 Å². The molecule has 108 valence electrons. The summed E-state index contributed by atoms with van der Waals surface area (Å²) < 4.78 is 0. The lowest BCUT2D eigenvalue weighted by molar-refractivity contribution is -0.141. The van der Waals surface area contributed by atoms with E-state index in [1.165, 1.54) is 31.2 Å². The summed E-state index contributed by atoms with van der Waals surface area (Å²) in [6.07, 6.45) is -1.24. The van der Waals surface area contributed by atoms with E-state index >= 15 is 0 Å². The Bertz CT molecular complexity index is 512. The van der Waals surface area contributed by atoms with E-state index < -0.39 is 30.1 Å². The molecule has 0 saturated carbocycles. The monoisotopic (exact) mass is 281 g/mol. The number of urea groups is 1. The number of primary amides is 1. The smallest absolute Gasteiger partial charge is 0.328 e. The molecule has 0 bridgehead atoms. The molecule has 0 aliphatic rings. The molecule has 0 saturated heterocycles. The predicted octanol–water partition coefficient (Wildman–Crippen LogP) is -0.259. The number of nitrogens with one attached hydrogen (secondary N) is 2. The topological polar surface area (TPSA) is 142 Å². The molecule has 1 rings (SSSR count). The maximum Gasteiger partial charge on any atom is 0.328 e. The molecule has 6 N–H and O–H groups in total. The molecule has 0 spiro atoms. The third kappa shape index (κ3) is 4.25. The Kier molecular flexibility index (Phi) is 5.04. The number of aliphatic carboxylic acids is 1. The summed E-state index contributed by atoms with van der Waals surface area (Å²) in [5.41, 5.74) is 5.70. The van der Waals surface area contributed by atoms with Gasteiger partial charge in [0.25, 0.3) is 0 Å². The highest BCUT2D eigenvalue weighted by atomic mass is 16.4. The van der Waals surface area contributed by atoms with E-state index in [0.717, 1.165) is 0 Å². The first-order chi connectivity index (χ1) is 9.31. The van der Waals surface area contributed by atoms with Crippen molar-refractivity contribution in [2.75, 3.05) is 5.32 Å². The normalized spacial score (nSPS) is 13.1. The molecule has 8 nitrogen and oxygen atoms in total. The second-order valence-electron chi connectivity index (χ2n) is 4.10. The summed E-state index contributed by atoms with van der Waals surface area (Å²) in [7, 11) is 0. The standard InChI is InChI=1S/C12H15N3O5/c1-6(16)9(11(18)19)15-12(20)14-8-4-2-7(3-5-8)10(13)17/h2-6,9,16H,1H3,(H2,13,17)(H,18,19)(H2,14,15,20). The molecule has 3 amide bonds. The third-order valence-electron chi connectivity index (χ3n) is 2.46. The molecule has 8 heteroatoms. The summed E-state index contributed by atoms with van der Waals surface area (Å²) in [5, 5.41) is 22.5. The van der Waals surface area contributed by atoms with Gasteiger partial charge < -0.3 is 26.6 Å². The molecule has 2 unspecified atom stereocenters. The second-order valence-corrected chi connectivity index (χ2v) is 4.10. The largest absolute Gasteiger partial charge is 0.480 e. The van der Waals surface area contributed by atoms with Gasteiger partial charge in [-0.25, -0.2) is 9.59 Å². The first-order valence-corrected chi connectivity index (χ1v) is 5.69. The van der Waals surface area contributed by atoms with Crippen molar-refractivity contribution in [2.45, 2.75) is 19.1 Å². The van der Waals surface area contributed by atoms with Crippen molar-refractivity contribution in [1.29, 1.82) is 0 Å². The molecule has 2 atom stereocenters. The molecular weight excluding hydrogens is 266 g/mol. The fraction of sp³-hybridized carbons (Fsp3) is 0.250. The van der Waals surface area contributed by atoms with Crippen LogP contribution in [-0.4, -0.2) is 40.3 Å². The molecule has 20 heavy (non-hydrogen) atoms. The van der Waals surface area contributed by atoms with Crippen molar-refractivity contribution < 1.29 is 24.6 Å². The van der Waals surface area contributed by atoms with Crippen molar-refractivity contribution in [2.24, 2.45) is 5.73 Å².